The molecule has 0 aromatic heterocycles. The summed E-state index contributed by atoms with van der Waals surface area (Å²) in [6.07, 6.45) is 3.14. The molecule has 1 amide bonds. The van der Waals surface area contributed by atoms with E-state index in [0.717, 1.165) is 34.5 Å². The van der Waals surface area contributed by atoms with Gasteiger partial charge in [-0.2, -0.15) is 11.8 Å². The summed E-state index contributed by atoms with van der Waals surface area (Å²) in [5.74, 6) is 2.40. The molecule has 2 aliphatic rings. The van der Waals surface area contributed by atoms with Crippen molar-refractivity contribution in [2.75, 3.05) is 16.8 Å². The van der Waals surface area contributed by atoms with Gasteiger partial charge in [-0.05, 0) is 54.9 Å². The monoisotopic (exact) mass is 425 g/mol. The molecule has 3 nitrogen and oxygen atoms in total. The molecule has 0 saturated heterocycles. The number of carbonyl (C=O) groups excluding carboxylic acids is 1. The number of aliphatic hydroxyl groups is 1. The van der Waals surface area contributed by atoms with Gasteiger partial charge < -0.3 is 10.4 Å². The van der Waals surface area contributed by atoms with Gasteiger partial charge in [-0.1, -0.05) is 36.7 Å². The largest absolute Gasteiger partial charge is 0.392 e. The molecule has 2 N–H and O–H groups in total. The zero-order valence-corrected chi connectivity index (χ0v) is 17.6. The molecule has 0 unspecified atom stereocenters. The Morgan fingerprint density at radius 3 is 2.64 bits per heavy atom. The van der Waals surface area contributed by atoms with Crippen molar-refractivity contribution in [2.24, 2.45) is 22.7 Å². The van der Waals surface area contributed by atoms with Gasteiger partial charge in [0.25, 0.3) is 0 Å². The van der Waals surface area contributed by atoms with E-state index >= 15 is 0 Å². The molecule has 2 bridgehead atoms. The number of anilines is 1. The summed E-state index contributed by atoms with van der Waals surface area (Å²) in [6, 6.07) is 7.65. The number of hydrogen-bond acceptors (Lipinski definition) is 3. The van der Waals surface area contributed by atoms with Crippen molar-refractivity contribution in [3.8, 4) is 0 Å². The van der Waals surface area contributed by atoms with E-state index in [9.17, 15) is 9.90 Å². The second kappa shape index (κ2) is 7.24. The summed E-state index contributed by atoms with van der Waals surface area (Å²) in [7, 11) is 0. The highest BCUT2D eigenvalue weighted by Gasteiger charge is 2.63. The summed E-state index contributed by atoms with van der Waals surface area (Å²) >= 11 is 5.23. The van der Waals surface area contributed by atoms with Crippen LogP contribution in [0.3, 0.4) is 0 Å². The molecule has 1 aromatic rings. The second-order valence-corrected chi connectivity index (χ2v) is 10.2. The number of benzene rings is 1. The first-order valence-electron chi connectivity index (χ1n) is 9.08. The lowest BCUT2D eigenvalue weighted by Crippen LogP contribution is -2.41. The van der Waals surface area contributed by atoms with E-state index in [-0.39, 0.29) is 28.8 Å². The zero-order valence-electron chi connectivity index (χ0n) is 15.2. The molecular weight excluding hydrogens is 398 g/mol. The van der Waals surface area contributed by atoms with Crippen molar-refractivity contribution in [2.45, 2.75) is 46.1 Å². The maximum atomic E-state index is 12.4. The molecule has 0 radical (unpaired) electrons. The Hall–Kier alpha value is -0.520. The molecular formula is C20H28BrNO2S. The van der Waals surface area contributed by atoms with Crippen LogP contribution in [-0.4, -0.2) is 28.6 Å². The standard InChI is InChI=1S/C20H28BrNO2S/c1-13(18(24)22-16-6-4-15(21)5-7-16)11-25-12-20-9-8-14(10-17(20)23)19(20,2)3/h4-7,13-14,17,23H,8-12H2,1-3H3,(H,22,24)/t13-,14+,17+,20+/m0/s1. The summed E-state index contributed by atoms with van der Waals surface area (Å²) < 4.78 is 1.00. The molecule has 138 valence electrons. The van der Waals surface area contributed by atoms with Gasteiger partial charge in [0, 0.05) is 33.0 Å². The van der Waals surface area contributed by atoms with Crippen molar-refractivity contribution < 1.29 is 9.90 Å². The first-order chi connectivity index (χ1) is 11.8. The summed E-state index contributed by atoms with van der Waals surface area (Å²) in [4.78, 5) is 12.4. The topological polar surface area (TPSA) is 49.3 Å². The number of hydrogen-bond donors (Lipinski definition) is 2. The number of aliphatic hydroxyl groups excluding tert-OH is 1. The highest BCUT2D eigenvalue weighted by Crippen LogP contribution is 2.66. The number of amides is 1. The van der Waals surface area contributed by atoms with Crippen molar-refractivity contribution >= 4 is 39.3 Å². The first-order valence-corrected chi connectivity index (χ1v) is 11.0. The van der Waals surface area contributed by atoms with Gasteiger partial charge in [0.1, 0.15) is 0 Å². The molecule has 0 aliphatic heterocycles. The fourth-order valence-corrected chi connectivity index (χ4v) is 6.63. The third-order valence-electron chi connectivity index (χ3n) is 6.68. The summed E-state index contributed by atoms with van der Waals surface area (Å²) in [6.45, 7) is 6.63. The van der Waals surface area contributed by atoms with Crippen LogP contribution in [0.1, 0.15) is 40.0 Å². The molecule has 5 heteroatoms. The smallest absolute Gasteiger partial charge is 0.228 e. The Kier molecular flexibility index (Phi) is 5.57. The van der Waals surface area contributed by atoms with Crippen molar-refractivity contribution in [3.05, 3.63) is 28.7 Å². The van der Waals surface area contributed by atoms with Gasteiger partial charge in [-0.15, -0.1) is 0 Å². The minimum Gasteiger partial charge on any atom is -0.392 e. The Bertz CT molecular complexity index is 633. The van der Waals surface area contributed by atoms with Crippen LogP contribution >= 0.6 is 27.7 Å². The van der Waals surface area contributed by atoms with Gasteiger partial charge in [0.15, 0.2) is 0 Å². The molecule has 25 heavy (non-hydrogen) atoms. The van der Waals surface area contributed by atoms with E-state index in [0.29, 0.717) is 5.92 Å². The average molecular weight is 426 g/mol. The molecule has 2 aliphatic carbocycles. The van der Waals surface area contributed by atoms with Crippen molar-refractivity contribution in [3.63, 3.8) is 0 Å². The van der Waals surface area contributed by atoms with Crippen LogP contribution in [0.15, 0.2) is 28.7 Å². The zero-order chi connectivity index (χ0) is 18.2. The average Bonchev–Trinajstić information content (AvgIpc) is 2.91. The third kappa shape index (κ3) is 3.52. The maximum absolute atomic E-state index is 12.4. The molecule has 2 fully saturated rings. The number of fused-ring (bicyclic) bond motifs is 2. The van der Waals surface area contributed by atoms with E-state index in [1.807, 2.05) is 43.0 Å². The molecule has 0 spiro atoms. The molecule has 0 heterocycles. The van der Waals surface area contributed by atoms with Crippen molar-refractivity contribution in [1.29, 1.82) is 0 Å². The van der Waals surface area contributed by atoms with Gasteiger partial charge in [-0.25, -0.2) is 0 Å². The molecule has 2 saturated carbocycles. The van der Waals surface area contributed by atoms with Crippen LogP contribution in [0.5, 0.6) is 0 Å². The quantitative estimate of drug-likeness (QED) is 0.677. The second-order valence-electron chi connectivity index (χ2n) is 8.28. The molecule has 1 aromatic carbocycles. The predicted molar refractivity (Wildman–Crippen MR) is 109 cm³/mol. The lowest BCUT2D eigenvalue weighted by Gasteiger charge is -2.40. The Morgan fingerprint density at radius 2 is 2.08 bits per heavy atom. The van der Waals surface area contributed by atoms with E-state index < -0.39 is 0 Å². The fraction of sp³-hybridized carbons (Fsp3) is 0.650. The number of halogens is 1. The minimum atomic E-state index is -0.180. The number of thioether (sulfide) groups is 1. The first kappa shape index (κ1) is 19.2. The van der Waals surface area contributed by atoms with E-state index in [1.165, 1.54) is 6.42 Å². The van der Waals surface area contributed by atoms with Crippen LogP contribution in [0, 0.1) is 22.7 Å². The summed E-state index contributed by atoms with van der Waals surface area (Å²) in [5.41, 5.74) is 1.07. The molecule has 3 rings (SSSR count). The number of nitrogens with one attached hydrogen (secondary N) is 1. The predicted octanol–water partition coefficient (Wildman–Crippen LogP) is 4.94. The Morgan fingerprint density at radius 1 is 1.40 bits per heavy atom. The molecule has 4 atom stereocenters. The Balaban J connectivity index is 1.51. The van der Waals surface area contributed by atoms with E-state index in [4.69, 9.17) is 0 Å². The van der Waals surface area contributed by atoms with Crippen LogP contribution < -0.4 is 5.32 Å². The van der Waals surface area contributed by atoms with Crippen molar-refractivity contribution in [1.82, 2.24) is 0 Å². The summed E-state index contributed by atoms with van der Waals surface area (Å²) in [5, 5.41) is 13.6. The highest BCUT2D eigenvalue weighted by molar-refractivity contribution is 9.10. The maximum Gasteiger partial charge on any atom is 0.228 e. The van der Waals surface area contributed by atoms with Crippen LogP contribution in [0.25, 0.3) is 0 Å². The minimum absolute atomic E-state index is 0.0320. The van der Waals surface area contributed by atoms with Gasteiger partial charge in [0.2, 0.25) is 5.91 Å². The third-order valence-corrected chi connectivity index (χ3v) is 8.66. The van der Waals surface area contributed by atoms with E-state index in [1.54, 1.807) is 0 Å². The Labute approximate surface area is 163 Å². The number of carbonyl (C=O) groups is 1. The lowest BCUT2D eigenvalue weighted by atomic mass is 9.70. The van der Waals surface area contributed by atoms with E-state index in [2.05, 4.69) is 35.1 Å². The van der Waals surface area contributed by atoms with Gasteiger partial charge >= 0.3 is 0 Å². The normalized spacial score (nSPS) is 31.1. The van der Waals surface area contributed by atoms with Gasteiger partial charge in [-0.3, -0.25) is 4.79 Å². The van der Waals surface area contributed by atoms with Gasteiger partial charge in [0.05, 0.1) is 6.10 Å². The lowest BCUT2D eigenvalue weighted by molar-refractivity contribution is -0.118. The van der Waals surface area contributed by atoms with Crippen LogP contribution in [-0.2, 0) is 4.79 Å². The SMILES string of the molecule is C[C@@H](CSC[C@]12CC[C@H](C[C@H]1O)C2(C)C)C(=O)Nc1ccc(Br)cc1. The van der Waals surface area contributed by atoms with Crippen LogP contribution in [0.4, 0.5) is 5.69 Å². The fourth-order valence-electron chi connectivity index (χ4n) is 4.67. The number of rotatable bonds is 6. The highest BCUT2D eigenvalue weighted by atomic mass is 79.9. The van der Waals surface area contributed by atoms with Crippen LogP contribution in [0.2, 0.25) is 0 Å².